The Bertz CT molecular complexity index is 180. The molecule has 0 aromatic rings. The van der Waals surface area contributed by atoms with Gasteiger partial charge in [0.2, 0.25) is 5.91 Å². The highest BCUT2D eigenvalue weighted by Crippen LogP contribution is 2.28. The fraction of sp³-hybridized carbons (Fsp3) is 0.900. The van der Waals surface area contributed by atoms with Crippen LogP contribution in [0.15, 0.2) is 0 Å². The standard InChI is InChI=1S/C10H18ClNO/c1-3-6-12(9-4-5-9)10(13)8(2)7-11/h8-9H,3-7H2,1-2H3. The first-order valence-electron chi connectivity index (χ1n) is 5.07. The molecule has 76 valence electrons. The fourth-order valence-corrected chi connectivity index (χ4v) is 1.58. The molecule has 0 aromatic heterocycles. The van der Waals surface area contributed by atoms with Crippen LogP contribution in [0, 0.1) is 5.92 Å². The predicted molar refractivity (Wildman–Crippen MR) is 54.9 cm³/mol. The maximum absolute atomic E-state index is 11.8. The van der Waals surface area contributed by atoms with Gasteiger partial charge in [-0.05, 0) is 19.3 Å². The van der Waals surface area contributed by atoms with E-state index < -0.39 is 0 Å². The Morgan fingerprint density at radius 2 is 2.23 bits per heavy atom. The van der Waals surface area contributed by atoms with Gasteiger partial charge in [-0.15, -0.1) is 11.6 Å². The van der Waals surface area contributed by atoms with Gasteiger partial charge in [-0.25, -0.2) is 0 Å². The second kappa shape index (κ2) is 4.85. The van der Waals surface area contributed by atoms with Crippen molar-refractivity contribution in [2.75, 3.05) is 12.4 Å². The third-order valence-electron chi connectivity index (χ3n) is 2.39. The van der Waals surface area contributed by atoms with Crippen LogP contribution in [0.25, 0.3) is 0 Å². The Kier molecular flexibility index (Phi) is 4.04. The van der Waals surface area contributed by atoms with Crippen molar-refractivity contribution < 1.29 is 4.79 Å². The van der Waals surface area contributed by atoms with Gasteiger partial charge in [0.05, 0.1) is 0 Å². The number of carbonyl (C=O) groups is 1. The Balaban J connectivity index is 2.47. The summed E-state index contributed by atoms with van der Waals surface area (Å²) in [5, 5.41) is 0. The van der Waals surface area contributed by atoms with Crippen molar-refractivity contribution >= 4 is 17.5 Å². The summed E-state index contributed by atoms with van der Waals surface area (Å²) in [6, 6.07) is 0.526. The maximum Gasteiger partial charge on any atom is 0.226 e. The zero-order chi connectivity index (χ0) is 9.84. The van der Waals surface area contributed by atoms with Crippen molar-refractivity contribution in [2.45, 2.75) is 39.2 Å². The molecule has 0 spiro atoms. The number of rotatable bonds is 5. The highest BCUT2D eigenvalue weighted by molar-refractivity contribution is 6.19. The van der Waals surface area contributed by atoms with Crippen LogP contribution in [0.4, 0.5) is 0 Å². The van der Waals surface area contributed by atoms with E-state index in [1.807, 2.05) is 11.8 Å². The van der Waals surface area contributed by atoms with Gasteiger partial charge in [0.15, 0.2) is 0 Å². The molecular weight excluding hydrogens is 186 g/mol. The molecule has 1 rings (SSSR count). The normalized spacial score (nSPS) is 18.4. The topological polar surface area (TPSA) is 20.3 Å². The second-order valence-electron chi connectivity index (χ2n) is 3.82. The van der Waals surface area contributed by atoms with Crippen molar-refractivity contribution in [1.82, 2.24) is 4.90 Å². The second-order valence-corrected chi connectivity index (χ2v) is 4.13. The molecular formula is C10H18ClNO. The first-order chi connectivity index (χ1) is 6.20. The van der Waals surface area contributed by atoms with E-state index in [1.165, 1.54) is 12.8 Å². The van der Waals surface area contributed by atoms with Crippen LogP contribution < -0.4 is 0 Å². The lowest BCUT2D eigenvalue weighted by molar-refractivity contribution is -0.134. The van der Waals surface area contributed by atoms with Crippen LogP contribution in [0.3, 0.4) is 0 Å². The Morgan fingerprint density at radius 1 is 1.62 bits per heavy atom. The van der Waals surface area contributed by atoms with E-state index in [9.17, 15) is 4.79 Å². The number of hydrogen-bond donors (Lipinski definition) is 0. The fourth-order valence-electron chi connectivity index (χ4n) is 1.45. The maximum atomic E-state index is 11.8. The molecule has 1 aliphatic carbocycles. The third kappa shape index (κ3) is 2.87. The molecule has 0 bridgehead atoms. The van der Waals surface area contributed by atoms with Crippen LogP contribution in [-0.4, -0.2) is 29.3 Å². The summed E-state index contributed by atoms with van der Waals surface area (Å²) in [6.07, 6.45) is 3.40. The zero-order valence-corrected chi connectivity index (χ0v) is 9.18. The lowest BCUT2D eigenvalue weighted by Gasteiger charge is -2.24. The van der Waals surface area contributed by atoms with Gasteiger partial charge < -0.3 is 4.90 Å². The number of halogens is 1. The Hall–Kier alpha value is -0.240. The lowest BCUT2D eigenvalue weighted by Crippen LogP contribution is -2.38. The van der Waals surface area contributed by atoms with Crippen LogP contribution in [0.5, 0.6) is 0 Å². The van der Waals surface area contributed by atoms with E-state index in [1.54, 1.807) is 0 Å². The largest absolute Gasteiger partial charge is 0.339 e. The number of nitrogens with zero attached hydrogens (tertiary/aromatic N) is 1. The lowest BCUT2D eigenvalue weighted by atomic mass is 10.2. The predicted octanol–water partition coefficient (Wildman–Crippen LogP) is 2.26. The van der Waals surface area contributed by atoms with Gasteiger partial charge in [0, 0.05) is 24.4 Å². The van der Waals surface area contributed by atoms with Gasteiger partial charge in [-0.3, -0.25) is 4.79 Å². The van der Waals surface area contributed by atoms with E-state index in [2.05, 4.69) is 6.92 Å². The minimum atomic E-state index is -0.0196. The summed E-state index contributed by atoms with van der Waals surface area (Å²) in [4.78, 5) is 13.8. The van der Waals surface area contributed by atoms with Crippen molar-refractivity contribution in [3.8, 4) is 0 Å². The molecule has 3 heteroatoms. The van der Waals surface area contributed by atoms with E-state index in [0.29, 0.717) is 11.9 Å². The average molecular weight is 204 g/mol. The smallest absolute Gasteiger partial charge is 0.226 e. The Morgan fingerprint density at radius 3 is 2.62 bits per heavy atom. The summed E-state index contributed by atoms with van der Waals surface area (Å²) in [6.45, 7) is 4.90. The van der Waals surface area contributed by atoms with Crippen molar-refractivity contribution in [3.05, 3.63) is 0 Å². The van der Waals surface area contributed by atoms with Gasteiger partial charge in [0.1, 0.15) is 0 Å². The molecule has 1 fully saturated rings. The molecule has 1 unspecified atom stereocenters. The van der Waals surface area contributed by atoms with Gasteiger partial charge in [-0.1, -0.05) is 13.8 Å². The quantitative estimate of drug-likeness (QED) is 0.628. The highest BCUT2D eigenvalue weighted by atomic mass is 35.5. The summed E-state index contributed by atoms with van der Waals surface area (Å²) >= 11 is 5.67. The van der Waals surface area contributed by atoms with Crippen molar-refractivity contribution in [1.29, 1.82) is 0 Å². The number of amides is 1. The van der Waals surface area contributed by atoms with E-state index >= 15 is 0 Å². The van der Waals surface area contributed by atoms with E-state index in [4.69, 9.17) is 11.6 Å². The molecule has 1 amide bonds. The first kappa shape index (κ1) is 10.8. The minimum absolute atomic E-state index is 0.0196. The van der Waals surface area contributed by atoms with Crippen molar-refractivity contribution in [2.24, 2.45) is 5.92 Å². The molecule has 0 N–H and O–H groups in total. The first-order valence-corrected chi connectivity index (χ1v) is 5.60. The van der Waals surface area contributed by atoms with Gasteiger partial charge in [-0.2, -0.15) is 0 Å². The van der Waals surface area contributed by atoms with E-state index in [0.717, 1.165) is 13.0 Å². The van der Waals surface area contributed by atoms with Crippen molar-refractivity contribution in [3.63, 3.8) is 0 Å². The SMILES string of the molecule is CCCN(C(=O)C(C)CCl)C1CC1. The zero-order valence-electron chi connectivity index (χ0n) is 8.42. The average Bonchev–Trinajstić information content (AvgIpc) is 2.95. The summed E-state index contributed by atoms with van der Waals surface area (Å²) in [5.74, 6) is 0.652. The molecule has 0 aliphatic heterocycles. The summed E-state index contributed by atoms with van der Waals surface area (Å²) in [5.41, 5.74) is 0. The summed E-state index contributed by atoms with van der Waals surface area (Å²) in [7, 11) is 0. The molecule has 0 heterocycles. The molecule has 13 heavy (non-hydrogen) atoms. The van der Waals surface area contributed by atoms with Crippen LogP contribution >= 0.6 is 11.6 Å². The van der Waals surface area contributed by atoms with Gasteiger partial charge >= 0.3 is 0 Å². The third-order valence-corrected chi connectivity index (χ3v) is 2.85. The molecule has 1 aliphatic rings. The number of carbonyl (C=O) groups excluding carboxylic acids is 1. The van der Waals surface area contributed by atoms with Crippen LogP contribution in [0.1, 0.15) is 33.1 Å². The molecule has 1 atom stereocenters. The summed E-state index contributed by atoms with van der Waals surface area (Å²) < 4.78 is 0. The molecule has 0 saturated heterocycles. The molecule has 2 nitrogen and oxygen atoms in total. The molecule has 1 saturated carbocycles. The van der Waals surface area contributed by atoms with E-state index in [-0.39, 0.29) is 11.8 Å². The van der Waals surface area contributed by atoms with Crippen LogP contribution in [0.2, 0.25) is 0 Å². The molecule has 0 aromatic carbocycles. The monoisotopic (exact) mass is 203 g/mol. The number of hydrogen-bond acceptors (Lipinski definition) is 1. The van der Waals surface area contributed by atoms with Gasteiger partial charge in [0.25, 0.3) is 0 Å². The highest BCUT2D eigenvalue weighted by Gasteiger charge is 2.33. The van der Waals surface area contributed by atoms with Crippen LogP contribution in [-0.2, 0) is 4.79 Å². The molecule has 0 radical (unpaired) electrons. The Labute approximate surface area is 85.2 Å². The number of alkyl halides is 1. The minimum Gasteiger partial charge on any atom is -0.339 e.